The summed E-state index contributed by atoms with van der Waals surface area (Å²) in [5, 5.41) is 9.48. The molecular formula is C12H23F3O. The second-order valence-corrected chi connectivity index (χ2v) is 5.91. The maximum atomic E-state index is 11.9. The van der Waals surface area contributed by atoms with Crippen LogP contribution in [0, 0.1) is 11.3 Å². The highest BCUT2D eigenvalue weighted by atomic mass is 19.4. The maximum Gasteiger partial charge on any atom is 0.389 e. The number of rotatable bonds is 5. The van der Waals surface area contributed by atoms with E-state index < -0.39 is 18.7 Å². The van der Waals surface area contributed by atoms with E-state index in [-0.39, 0.29) is 17.8 Å². The molecule has 0 saturated carbocycles. The van der Waals surface area contributed by atoms with Crippen LogP contribution < -0.4 is 0 Å². The molecule has 1 nitrogen and oxygen atoms in total. The average molecular weight is 240 g/mol. The first-order valence-electron chi connectivity index (χ1n) is 5.74. The molecule has 0 fully saturated rings. The van der Waals surface area contributed by atoms with Crippen LogP contribution in [0.3, 0.4) is 0 Å². The molecular weight excluding hydrogens is 217 g/mol. The second kappa shape index (κ2) is 5.89. The Labute approximate surface area is 96.0 Å². The average Bonchev–Trinajstić information content (AvgIpc) is 1.95. The molecule has 0 radical (unpaired) electrons. The van der Waals surface area contributed by atoms with Gasteiger partial charge in [-0.1, -0.05) is 27.7 Å². The van der Waals surface area contributed by atoms with Crippen LogP contribution in [0.15, 0.2) is 0 Å². The number of alkyl halides is 3. The minimum Gasteiger partial charge on any atom is -0.393 e. The van der Waals surface area contributed by atoms with Crippen molar-refractivity contribution < 1.29 is 18.3 Å². The third kappa shape index (κ3) is 10.3. The van der Waals surface area contributed by atoms with E-state index in [4.69, 9.17) is 0 Å². The van der Waals surface area contributed by atoms with Crippen molar-refractivity contribution >= 4 is 0 Å². The Hall–Kier alpha value is -0.250. The molecule has 2 unspecified atom stereocenters. The second-order valence-electron chi connectivity index (χ2n) is 5.91. The molecule has 0 saturated heterocycles. The van der Waals surface area contributed by atoms with E-state index in [1.165, 1.54) is 0 Å². The molecule has 0 amide bonds. The van der Waals surface area contributed by atoms with Gasteiger partial charge in [-0.3, -0.25) is 0 Å². The van der Waals surface area contributed by atoms with Crippen molar-refractivity contribution in [3.8, 4) is 0 Å². The number of halogens is 3. The van der Waals surface area contributed by atoms with Crippen LogP contribution in [0.1, 0.15) is 53.4 Å². The minimum atomic E-state index is -4.16. The molecule has 0 spiro atoms. The van der Waals surface area contributed by atoms with Crippen molar-refractivity contribution in [2.75, 3.05) is 0 Å². The van der Waals surface area contributed by atoms with Gasteiger partial charge in [-0.25, -0.2) is 0 Å². The van der Waals surface area contributed by atoms with Gasteiger partial charge in [0.25, 0.3) is 0 Å². The quantitative estimate of drug-likeness (QED) is 0.765. The van der Waals surface area contributed by atoms with E-state index in [1.54, 1.807) is 0 Å². The normalized spacial score (nSPS) is 17.2. The summed E-state index contributed by atoms with van der Waals surface area (Å²) in [7, 11) is 0. The molecule has 0 aromatic rings. The fourth-order valence-corrected chi connectivity index (χ4v) is 2.04. The molecule has 0 aliphatic carbocycles. The lowest BCUT2D eigenvalue weighted by atomic mass is 9.83. The zero-order valence-corrected chi connectivity index (χ0v) is 10.6. The Morgan fingerprint density at radius 2 is 1.62 bits per heavy atom. The van der Waals surface area contributed by atoms with Gasteiger partial charge < -0.3 is 5.11 Å². The first kappa shape index (κ1) is 15.8. The van der Waals surface area contributed by atoms with Crippen LogP contribution in [-0.2, 0) is 0 Å². The lowest BCUT2D eigenvalue weighted by molar-refractivity contribution is -0.140. The summed E-state index contributed by atoms with van der Waals surface area (Å²) in [4.78, 5) is 0. The number of aliphatic hydroxyl groups excluding tert-OH is 1. The van der Waals surface area contributed by atoms with Gasteiger partial charge in [-0.2, -0.15) is 13.2 Å². The third-order valence-electron chi connectivity index (χ3n) is 2.40. The SMILES string of the molecule is CC(CC(O)CCC(F)(F)F)CC(C)(C)C. The summed E-state index contributed by atoms with van der Waals surface area (Å²) < 4.78 is 35.7. The zero-order valence-electron chi connectivity index (χ0n) is 10.6. The summed E-state index contributed by atoms with van der Waals surface area (Å²) in [6.07, 6.45) is -4.70. The van der Waals surface area contributed by atoms with Gasteiger partial charge in [-0.15, -0.1) is 0 Å². The Balaban J connectivity index is 3.83. The number of aliphatic hydroxyl groups is 1. The van der Waals surface area contributed by atoms with E-state index in [1.807, 2.05) is 6.92 Å². The van der Waals surface area contributed by atoms with Gasteiger partial charge in [0.05, 0.1) is 6.10 Å². The van der Waals surface area contributed by atoms with E-state index in [2.05, 4.69) is 20.8 Å². The van der Waals surface area contributed by atoms with Crippen molar-refractivity contribution in [3.63, 3.8) is 0 Å². The first-order chi connectivity index (χ1) is 6.99. The Kier molecular flexibility index (Phi) is 5.80. The van der Waals surface area contributed by atoms with E-state index in [9.17, 15) is 18.3 Å². The molecule has 0 bridgehead atoms. The monoisotopic (exact) mass is 240 g/mol. The summed E-state index contributed by atoms with van der Waals surface area (Å²) in [6.45, 7) is 8.24. The lowest BCUT2D eigenvalue weighted by Crippen LogP contribution is -2.19. The predicted molar refractivity (Wildman–Crippen MR) is 59.1 cm³/mol. The molecule has 98 valence electrons. The highest BCUT2D eigenvalue weighted by Crippen LogP contribution is 2.29. The van der Waals surface area contributed by atoms with Crippen molar-refractivity contribution in [1.82, 2.24) is 0 Å². The van der Waals surface area contributed by atoms with Crippen LogP contribution in [0.2, 0.25) is 0 Å². The molecule has 0 rings (SSSR count). The first-order valence-corrected chi connectivity index (χ1v) is 5.74. The van der Waals surface area contributed by atoms with Crippen molar-refractivity contribution in [2.45, 2.75) is 65.7 Å². The van der Waals surface area contributed by atoms with Crippen LogP contribution >= 0.6 is 0 Å². The van der Waals surface area contributed by atoms with E-state index in [0.29, 0.717) is 6.42 Å². The highest BCUT2D eigenvalue weighted by molar-refractivity contribution is 4.70. The fourth-order valence-electron chi connectivity index (χ4n) is 2.04. The van der Waals surface area contributed by atoms with Gasteiger partial charge in [0.2, 0.25) is 0 Å². The van der Waals surface area contributed by atoms with Crippen LogP contribution in [0.4, 0.5) is 13.2 Å². The van der Waals surface area contributed by atoms with Crippen LogP contribution in [0.5, 0.6) is 0 Å². The largest absolute Gasteiger partial charge is 0.393 e. The molecule has 0 aromatic heterocycles. The lowest BCUT2D eigenvalue weighted by Gasteiger charge is -2.25. The van der Waals surface area contributed by atoms with Crippen molar-refractivity contribution in [1.29, 1.82) is 0 Å². The van der Waals surface area contributed by atoms with Crippen molar-refractivity contribution in [3.05, 3.63) is 0 Å². The van der Waals surface area contributed by atoms with Gasteiger partial charge >= 0.3 is 6.18 Å². The van der Waals surface area contributed by atoms with Gasteiger partial charge in [0, 0.05) is 6.42 Å². The predicted octanol–water partition coefficient (Wildman–Crippen LogP) is 4.15. The van der Waals surface area contributed by atoms with Crippen molar-refractivity contribution in [2.24, 2.45) is 11.3 Å². The van der Waals surface area contributed by atoms with Crippen LogP contribution in [-0.4, -0.2) is 17.4 Å². The summed E-state index contributed by atoms with van der Waals surface area (Å²) in [6, 6.07) is 0. The summed E-state index contributed by atoms with van der Waals surface area (Å²) in [5.41, 5.74) is 0.156. The summed E-state index contributed by atoms with van der Waals surface area (Å²) >= 11 is 0. The Morgan fingerprint density at radius 3 is 2.00 bits per heavy atom. The molecule has 2 atom stereocenters. The molecule has 16 heavy (non-hydrogen) atoms. The summed E-state index contributed by atoms with van der Waals surface area (Å²) in [5.74, 6) is 0.253. The van der Waals surface area contributed by atoms with Gasteiger partial charge in [0.1, 0.15) is 0 Å². The molecule has 0 aromatic carbocycles. The maximum absolute atomic E-state index is 11.9. The highest BCUT2D eigenvalue weighted by Gasteiger charge is 2.28. The molecule has 0 aliphatic heterocycles. The molecule has 0 heterocycles. The Morgan fingerprint density at radius 1 is 1.12 bits per heavy atom. The molecule has 0 aliphatic rings. The van der Waals surface area contributed by atoms with E-state index >= 15 is 0 Å². The standard InChI is InChI=1S/C12H23F3O/c1-9(8-11(2,3)4)7-10(16)5-6-12(13,14)15/h9-10,16H,5-8H2,1-4H3. The number of hydrogen-bond acceptors (Lipinski definition) is 1. The number of hydrogen-bond donors (Lipinski definition) is 1. The molecule has 1 N–H and O–H groups in total. The van der Waals surface area contributed by atoms with Gasteiger partial charge in [-0.05, 0) is 30.6 Å². The fraction of sp³-hybridized carbons (Fsp3) is 1.00. The third-order valence-corrected chi connectivity index (χ3v) is 2.40. The minimum absolute atomic E-state index is 0.156. The van der Waals surface area contributed by atoms with Crippen LogP contribution in [0.25, 0.3) is 0 Å². The topological polar surface area (TPSA) is 20.2 Å². The smallest absolute Gasteiger partial charge is 0.389 e. The zero-order chi connectivity index (χ0) is 13.0. The van der Waals surface area contributed by atoms with E-state index in [0.717, 1.165) is 6.42 Å². The molecule has 4 heteroatoms. The Bertz CT molecular complexity index is 193. The van der Waals surface area contributed by atoms with Gasteiger partial charge in [0.15, 0.2) is 0 Å².